The van der Waals surface area contributed by atoms with E-state index in [-0.39, 0.29) is 12.1 Å². The average Bonchev–Trinajstić information content (AvgIpc) is 2.27. The normalized spacial score (nSPS) is 14.7. The third kappa shape index (κ3) is 2.76. The van der Waals surface area contributed by atoms with Gasteiger partial charge in [-0.1, -0.05) is 17.7 Å². The zero-order valence-corrected chi connectivity index (χ0v) is 8.69. The molecule has 2 atom stereocenters. The smallest absolute Gasteiger partial charge is 0.151 e. The molecule has 1 aromatic carbocycles. The van der Waals surface area contributed by atoms with Crippen LogP contribution in [0.15, 0.2) is 18.2 Å². The Morgan fingerprint density at radius 3 is 2.67 bits per heavy atom. The van der Waals surface area contributed by atoms with Crippen molar-refractivity contribution in [3.8, 4) is 0 Å². The Morgan fingerprint density at radius 1 is 1.47 bits per heavy atom. The van der Waals surface area contributed by atoms with Gasteiger partial charge in [0.05, 0.1) is 11.1 Å². The molecule has 4 nitrogen and oxygen atoms in total. The van der Waals surface area contributed by atoms with Crippen LogP contribution in [0, 0.1) is 0 Å². The zero-order valence-electron chi connectivity index (χ0n) is 7.93. The first-order valence-corrected chi connectivity index (χ1v) is 4.78. The van der Waals surface area contributed by atoms with Crippen molar-refractivity contribution in [3.63, 3.8) is 0 Å². The molecule has 0 saturated carbocycles. The van der Waals surface area contributed by atoms with Gasteiger partial charge in [-0.2, -0.15) is 0 Å². The van der Waals surface area contributed by atoms with Gasteiger partial charge in [-0.15, -0.1) is 0 Å². The fraction of sp³-hybridized carbons (Fsp3) is 0.300. The van der Waals surface area contributed by atoms with Crippen LogP contribution in [0.2, 0.25) is 5.02 Å². The Bertz CT molecular complexity index is 357. The van der Waals surface area contributed by atoms with Crippen LogP contribution in [0.25, 0.3) is 0 Å². The predicted octanol–water partition coefficient (Wildman–Crippen LogP) is 0.506. The largest absolute Gasteiger partial charge is 0.389 e. The van der Waals surface area contributed by atoms with Gasteiger partial charge in [-0.3, -0.25) is 4.79 Å². The number of aldehydes is 1. The minimum Gasteiger partial charge on any atom is -0.389 e. The molecule has 0 aliphatic heterocycles. The SMILES string of the molecule is NCC(O)C(O)c1ccc(Cl)c(C=O)c1. The van der Waals surface area contributed by atoms with Gasteiger partial charge in [0.2, 0.25) is 0 Å². The van der Waals surface area contributed by atoms with Crippen molar-refractivity contribution >= 4 is 17.9 Å². The highest BCUT2D eigenvalue weighted by Crippen LogP contribution is 2.22. The summed E-state index contributed by atoms with van der Waals surface area (Å²) in [5, 5.41) is 19.2. The Morgan fingerprint density at radius 2 is 2.13 bits per heavy atom. The summed E-state index contributed by atoms with van der Waals surface area (Å²) in [5.41, 5.74) is 5.90. The third-order valence-electron chi connectivity index (χ3n) is 2.09. The van der Waals surface area contributed by atoms with Crippen LogP contribution in [0.4, 0.5) is 0 Å². The summed E-state index contributed by atoms with van der Waals surface area (Å²) in [4.78, 5) is 10.6. The maximum atomic E-state index is 10.6. The van der Waals surface area contributed by atoms with Crippen molar-refractivity contribution in [1.82, 2.24) is 0 Å². The number of benzene rings is 1. The van der Waals surface area contributed by atoms with Gasteiger partial charge >= 0.3 is 0 Å². The number of rotatable bonds is 4. The van der Waals surface area contributed by atoms with Gasteiger partial charge in [0.25, 0.3) is 0 Å². The summed E-state index contributed by atoms with van der Waals surface area (Å²) in [6.45, 7) is -0.0553. The van der Waals surface area contributed by atoms with Crippen LogP contribution in [-0.4, -0.2) is 29.1 Å². The number of aliphatic hydroxyl groups excluding tert-OH is 2. The second-order valence-electron chi connectivity index (χ2n) is 3.15. The molecule has 0 aromatic heterocycles. The molecular weight excluding hydrogens is 218 g/mol. The van der Waals surface area contributed by atoms with Crippen LogP contribution < -0.4 is 5.73 Å². The Labute approximate surface area is 92.3 Å². The van der Waals surface area contributed by atoms with Crippen LogP contribution in [-0.2, 0) is 0 Å². The number of hydrogen-bond donors (Lipinski definition) is 3. The minimum atomic E-state index is -1.11. The van der Waals surface area contributed by atoms with Crippen molar-refractivity contribution in [2.45, 2.75) is 12.2 Å². The van der Waals surface area contributed by atoms with Gasteiger partial charge in [-0.05, 0) is 17.7 Å². The van der Waals surface area contributed by atoms with Crippen molar-refractivity contribution in [3.05, 3.63) is 34.3 Å². The number of hydrogen-bond acceptors (Lipinski definition) is 4. The molecule has 82 valence electrons. The molecule has 2 unspecified atom stereocenters. The molecule has 0 bridgehead atoms. The molecule has 0 heterocycles. The standard InChI is InChI=1S/C10H12ClNO3/c11-8-2-1-6(3-7(8)5-13)10(15)9(14)4-12/h1-3,5,9-10,14-15H,4,12H2. The third-order valence-corrected chi connectivity index (χ3v) is 2.44. The second kappa shape index (κ2) is 5.23. The van der Waals surface area contributed by atoms with Crippen LogP contribution in [0.3, 0.4) is 0 Å². The fourth-order valence-electron chi connectivity index (χ4n) is 1.19. The lowest BCUT2D eigenvalue weighted by molar-refractivity contribution is 0.0243. The Hall–Kier alpha value is -0.940. The number of nitrogens with two attached hydrogens (primary N) is 1. The minimum absolute atomic E-state index is 0.0553. The highest BCUT2D eigenvalue weighted by Gasteiger charge is 2.17. The molecule has 1 aromatic rings. The van der Waals surface area contributed by atoms with E-state index in [4.69, 9.17) is 17.3 Å². The first-order chi connectivity index (χ1) is 7.10. The number of halogens is 1. The summed E-state index contributed by atoms with van der Waals surface area (Å²) in [6, 6.07) is 4.46. The lowest BCUT2D eigenvalue weighted by Gasteiger charge is -2.16. The molecular formula is C10H12ClNO3. The van der Waals surface area contributed by atoms with E-state index in [1.54, 1.807) is 6.07 Å². The molecule has 0 aliphatic rings. The van der Waals surface area contributed by atoms with Crippen molar-refractivity contribution in [2.24, 2.45) is 5.73 Å². The van der Waals surface area contributed by atoms with E-state index in [0.717, 1.165) is 0 Å². The highest BCUT2D eigenvalue weighted by molar-refractivity contribution is 6.32. The van der Waals surface area contributed by atoms with Gasteiger partial charge < -0.3 is 15.9 Å². The maximum Gasteiger partial charge on any atom is 0.151 e. The first kappa shape index (κ1) is 12.1. The van der Waals surface area contributed by atoms with Crippen molar-refractivity contribution in [1.29, 1.82) is 0 Å². The van der Waals surface area contributed by atoms with Crippen LogP contribution in [0.5, 0.6) is 0 Å². The summed E-state index contributed by atoms with van der Waals surface area (Å²) >= 11 is 5.71. The fourth-order valence-corrected chi connectivity index (χ4v) is 1.35. The second-order valence-corrected chi connectivity index (χ2v) is 3.55. The Balaban J connectivity index is 3.00. The van der Waals surface area contributed by atoms with E-state index in [0.29, 0.717) is 16.9 Å². The topological polar surface area (TPSA) is 83.6 Å². The van der Waals surface area contributed by atoms with E-state index in [9.17, 15) is 15.0 Å². The quantitative estimate of drug-likeness (QED) is 0.657. The molecule has 0 saturated heterocycles. The van der Waals surface area contributed by atoms with E-state index >= 15 is 0 Å². The molecule has 0 radical (unpaired) electrons. The summed E-state index contributed by atoms with van der Waals surface area (Å²) < 4.78 is 0. The van der Waals surface area contributed by atoms with E-state index < -0.39 is 12.2 Å². The monoisotopic (exact) mass is 229 g/mol. The molecule has 0 amide bonds. The number of aliphatic hydroxyl groups is 2. The number of carbonyl (C=O) groups excluding carboxylic acids is 1. The molecule has 4 N–H and O–H groups in total. The zero-order chi connectivity index (χ0) is 11.4. The van der Waals surface area contributed by atoms with Crippen molar-refractivity contribution < 1.29 is 15.0 Å². The first-order valence-electron chi connectivity index (χ1n) is 4.41. The lowest BCUT2D eigenvalue weighted by Crippen LogP contribution is -2.27. The van der Waals surface area contributed by atoms with Gasteiger partial charge in [0.15, 0.2) is 6.29 Å². The predicted molar refractivity (Wildman–Crippen MR) is 56.9 cm³/mol. The summed E-state index contributed by atoms with van der Waals surface area (Å²) in [7, 11) is 0. The molecule has 0 fully saturated rings. The Kier molecular flexibility index (Phi) is 4.23. The van der Waals surface area contributed by atoms with Gasteiger partial charge in [-0.25, -0.2) is 0 Å². The lowest BCUT2D eigenvalue weighted by atomic mass is 10.0. The average molecular weight is 230 g/mol. The molecule has 15 heavy (non-hydrogen) atoms. The van der Waals surface area contributed by atoms with Gasteiger partial charge in [0.1, 0.15) is 6.10 Å². The highest BCUT2D eigenvalue weighted by atomic mass is 35.5. The van der Waals surface area contributed by atoms with Crippen LogP contribution in [0.1, 0.15) is 22.0 Å². The van der Waals surface area contributed by atoms with Gasteiger partial charge in [0, 0.05) is 12.1 Å². The van der Waals surface area contributed by atoms with E-state index in [1.165, 1.54) is 12.1 Å². The van der Waals surface area contributed by atoms with Crippen molar-refractivity contribution in [2.75, 3.05) is 6.54 Å². The maximum absolute atomic E-state index is 10.6. The molecule has 1 rings (SSSR count). The molecule has 5 heteroatoms. The summed E-state index contributed by atoms with van der Waals surface area (Å²) in [6.07, 6.45) is -1.57. The van der Waals surface area contributed by atoms with E-state index in [2.05, 4.69) is 0 Å². The molecule has 0 aliphatic carbocycles. The molecule has 0 spiro atoms. The summed E-state index contributed by atoms with van der Waals surface area (Å²) in [5.74, 6) is 0. The number of carbonyl (C=O) groups is 1. The van der Waals surface area contributed by atoms with E-state index in [1.807, 2.05) is 0 Å². The van der Waals surface area contributed by atoms with Crippen LogP contribution >= 0.6 is 11.6 Å².